The van der Waals surface area contributed by atoms with Gasteiger partial charge in [-0.2, -0.15) is 14.7 Å². The molecule has 0 aliphatic carbocycles. The number of fused-ring (bicyclic) bond motifs is 2. The van der Waals surface area contributed by atoms with E-state index in [4.69, 9.17) is 26.8 Å². The summed E-state index contributed by atoms with van der Waals surface area (Å²) in [6, 6.07) is 4.98. The fraction of sp³-hybridized carbons (Fsp3) is 0.400. The van der Waals surface area contributed by atoms with Crippen LogP contribution in [0.15, 0.2) is 30.6 Å². The average molecular weight is 543 g/mol. The maximum atomic E-state index is 13.0. The van der Waals surface area contributed by atoms with Gasteiger partial charge < -0.3 is 20.5 Å². The first kappa shape index (κ1) is 27.1. The summed E-state index contributed by atoms with van der Waals surface area (Å²) in [5.41, 5.74) is 8.30. The normalized spacial score (nSPS) is 12.6. The number of nitrogen functional groups attached to an aromatic ring is 1. The Balaban J connectivity index is 1.43. The molecule has 0 saturated heterocycles. The van der Waals surface area contributed by atoms with Gasteiger partial charge in [0.2, 0.25) is 0 Å². The van der Waals surface area contributed by atoms with Crippen LogP contribution in [0.2, 0.25) is 5.15 Å². The summed E-state index contributed by atoms with van der Waals surface area (Å²) in [6.07, 6.45) is 2.51. The smallest absolute Gasteiger partial charge is 0.415 e. The molecule has 12 nitrogen and oxygen atoms in total. The van der Waals surface area contributed by atoms with Crippen molar-refractivity contribution < 1.29 is 19.1 Å². The summed E-state index contributed by atoms with van der Waals surface area (Å²) >= 11 is 6.22. The van der Waals surface area contributed by atoms with E-state index in [9.17, 15) is 9.59 Å². The zero-order valence-electron chi connectivity index (χ0n) is 22.1. The number of nitrogens with two attached hydrogens (primary N) is 1. The van der Waals surface area contributed by atoms with Gasteiger partial charge in [0.25, 0.3) is 5.91 Å². The molecule has 0 saturated carbocycles. The van der Waals surface area contributed by atoms with Crippen LogP contribution in [-0.2, 0) is 23.1 Å². The highest BCUT2D eigenvalue weighted by molar-refractivity contribution is 6.30. The van der Waals surface area contributed by atoms with Gasteiger partial charge in [-0.15, -0.1) is 0 Å². The quantitative estimate of drug-likeness (QED) is 0.266. The maximum absolute atomic E-state index is 13.0. The Morgan fingerprint density at radius 2 is 1.95 bits per heavy atom. The number of nitrogens with zero attached hydrogens (tertiary/aromatic N) is 6. The molecule has 1 aromatic carbocycles. The van der Waals surface area contributed by atoms with Crippen molar-refractivity contribution >= 4 is 51.7 Å². The van der Waals surface area contributed by atoms with Crippen molar-refractivity contribution in [3.8, 4) is 0 Å². The average Bonchev–Trinajstić information content (AvgIpc) is 3.41. The number of carbonyl (C=O) groups excluding carboxylic acids is 2. The number of halogens is 1. The summed E-state index contributed by atoms with van der Waals surface area (Å²) in [7, 11) is 3.38. The Hall–Kier alpha value is -3.90. The first-order valence-electron chi connectivity index (χ1n) is 11.9. The van der Waals surface area contributed by atoms with E-state index in [2.05, 4.69) is 20.5 Å². The van der Waals surface area contributed by atoms with Crippen molar-refractivity contribution in [2.45, 2.75) is 45.9 Å². The van der Waals surface area contributed by atoms with E-state index >= 15 is 0 Å². The molecule has 2 amide bonds. The van der Waals surface area contributed by atoms with Crippen LogP contribution in [0.5, 0.6) is 0 Å². The number of nitrogens with one attached hydrogen (secondary N) is 1. The second-order valence-electron chi connectivity index (χ2n) is 10.0. The second-order valence-corrected chi connectivity index (χ2v) is 10.4. The molecule has 0 bridgehead atoms. The van der Waals surface area contributed by atoms with E-state index < -0.39 is 17.6 Å². The van der Waals surface area contributed by atoms with Crippen LogP contribution >= 0.6 is 11.6 Å². The van der Waals surface area contributed by atoms with E-state index in [-0.39, 0.29) is 29.0 Å². The van der Waals surface area contributed by atoms with Crippen molar-refractivity contribution in [3.63, 3.8) is 0 Å². The summed E-state index contributed by atoms with van der Waals surface area (Å²) < 4.78 is 14.4. The fourth-order valence-corrected chi connectivity index (χ4v) is 4.03. The van der Waals surface area contributed by atoms with Crippen LogP contribution in [0.25, 0.3) is 16.6 Å². The Morgan fingerprint density at radius 1 is 1.21 bits per heavy atom. The van der Waals surface area contributed by atoms with Gasteiger partial charge in [0, 0.05) is 37.3 Å². The molecule has 0 aliphatic heterocycles. The zero-order valence-corrected chi connectivity index (χ0v) is 22.9. The topological polar surface area (TPSA) is 142 Å². The zero-order chi connectivity index (χ0) is 27.8. The van der Waals surface area contributed by atoms with Crippen LogP contribution in [-0.4, -0.2) is 61.7 Å². The van der Waals surface area contributed by atoms with Gasteiger partial charge in [-0.05, 0) is 45.4 Å². The largest absolute Gasteiger partial charge is 0.443 e. The first-order chi connectivity index (χ1) is 17.8. The third-order valence-electron chi connectivity index (χ3n) is 5.65. The minimum Gasteiger partial charge on any atom is -0.443 e. The highest BCUT2D eigenvalue weighted by atomic mass is 35.5. The highest BCUT2D eigenvalue weighted by Crippen LogP contribution is 2.24. The lowest BCUT2D eigenvalue weighted by molar-refractivity contribution is 0.0587. The Bertz CT molecular complexity index is 1510. The van der Waals surface area contributed by atoms with Crippen LogP contribution < -0.4 is 16.0 Å². The van der Waals surface area contributed by atoms with Crippen LogP contribution in [0, 0.1) is 0 Å². The van der Waals surface area contributed by atoms with E-state index in [0.717, 1.165) is 16.5 Å². The lowest BCUT2D eigenvalue weighted by atomic mass is 10.1. The molecular weight excluding hydrogens is 512 g/mol. The lowest BCUT2D eigenvalue weighted by Gasteiger charge is -2.24. The van der Waals surface area contributed by atoms with Gasteiger partial charge in [0.1, 0.15) is 22.1 Å². The predicted octanol–water partition coefficient (Wildman–Crippen LogP) is 3.56. The van der Waals surface area contributed by atoms with Gasteiger partial charge in [-0.25, -0.2) is 9.78 Å². The van der Waals surface area contributed by atoms with E-state index in [1.807, 2.05) is 26.1 Å². The SMILES string of the molecule is C[C@H](COCc1cc(N)c2cnn(C)c2c1)NC(=O)c1cnn2c(N(C)C(=O)OC(C)(C)C)cc(Cl)nc12. The van der Waals surface area contributed by atoms with Crippen LogP contribution in [0.1, 0.15) is 43.6 Å². The molecule has 0 fully saturated rings. The van der Waals surface area contributed by atoms with Crippen molar-refractivity contribution in [2.75, 3.05) is 24.3 Å². The van der Waals surface area contributed by atoms with Gasteiger partial charge in [0.05, 0.1) is 31.1 Å². The molecule has 3 N–H and O–H groups in total. The van der Waals surface area contributed by atoms with Gasteiger partial charge in [-0.3, -0.25) is 14.4 Å². The number of benzene rings is 1. The third kappa shape index (κ3) is 5.81. The summed E-state index contributed by atoms with van der Waals surface area (Å²) in [5.74, 6) is -0.105. The maximum Gasteiger partial charge on any atom is 0.415 e. The van der Waals surface area contributed by atoms with Crippen LogP contribution in [0.4, 0.5) is 16.3 Å². The Kier molecular flexibility index (Phi) is 7.47. The predicted molar refractivity (Wildman–Crippen MR) is 144 cm³/mol. The Labute approximate surface area is 224 Å². The van der Waals surface area contributed by atoms with Gasteiger partial charge in [0.15, 0.2) is 5.65 Å². The minimum atomic E-state index is -0.688. The molecule has 3 heterocycles. The van der Waals surface area contributed by atoms with E-state index in [1.165, 1.54) is 28.7 Å². The molecule has 0 radical (unpaired) electrons. The van der Waals surface area contributed by atoms with Crippen molar-refractivity contribution in [3.05, 3.63) is 46.9 Å². The summed E-state index contributed by atoms with van der Waals surface area (Å²) in [6.45, 7) is 7.71. The van der Waals surface area contributed by atoms with Crippen molar-refractivity contribution in [1.82, 2.24) is 29.7 Å². The number of ether oxygens (including phenoxy) is 2. The van der Waals surface area contributed by atoms with Gasteiger partial charge in [-0.1, -0.05) is 11.6 Å². The van der Waals surface area contributed by atoms with Gasteiger partial charge >= 0.3 is 6.09 Å². The Morgan fingerprint density at radius 3 is 2.66 bits per heavy atom. The third-order valence-corrected chi connectivity index (χ3v) is 5.84. The monoisotopic (exact) mass is 542 g/mol. The minimum absolute atomic E-state index is 0.0958. The molecule has 3 aromatic heterocycles. The first-order valence-corrected chi connectivity index (χ1v) is 12.3. The molecule has 13 heteroatoms. The number of hydrogen-bond donors (Lipinski definition) is 2. The molecular formula is C25H31ClN8O4. The fourth-order valence-electron chi connectivity index (χ4n) is 3.86. The molecule has 4 rings (SSSR count). The number of aryl methyl sites for hydroxylation is 1. The second kappa shape index (κ2) is 10.5. The molecule has 0 spiro atoms. The lowest BCUT2D eigenvalue weighted by Crippen LogP contribution is -2.36. The number of anilines is 2. The summed E-state index contributed by atoms with van der Waals surface area (Å²) in [5, 5.41) is 12.4. The molecule has 38 heavy (non-hydrogen) atoms. The molecule has 0 unspecified atom stereocenters. The van der Waals surface area contributed by atoms with Crippen molar-refractivity contribution in [1.29, 1.82) is 0 Å². The summed E-state index contributed by atoms with van der Waals surface area (Å²) in [4.78, 5) is 31.1. The number of carbonyl (C=O) groups is 2. The molecule has 4 aromatic rings. The number of aromatic nitrogens is 5. The van der Waals surface area contributed by atoms with E-state index in [1.54, 1.807) is 31.6 Å². The molecule has 1 atom stereocenters. The van der Waals surface area contributed by atoms with E-state index in [0.29, 0.717) is 18.1 Å². The highest BCUT2D eigenvalue weighted by Gasteiger charge is 2.25. The standard InChI is InChI=1S/C25H31ClN8O4/c1-14(12-37-13-15-7-18(27)16-10-28-33(6)19(16)8-15)30-23(35)17-11-29-34-21(9-20(26)31-22(17)34)32(5)24(36)38-25(2,3)4/h7-11,14H,12-13,27H2,1-6H3,(H,30,35)/t14-/m1/s1. The van der Waals surface area contributed by atoms with Crippen LogP contribution in [0.3, 0.4) is 0 Å². The van der Waals surface area contributed by atoms with Crippen molar-refractivity contribution in [2.24, 2.45) is 7.05 Å². The number of amides is 2. The molecule has 0 aliphatic rings. The number of hydrogen-bond acceptors (Lipinski definition) is 8. The molecule has 202 valence electrons. The number of rotatable bonds is 7.